The van der Waals surface area contributed by atoms with Gasteiger partial charge in [-0.25, -0.2) is 0 Å². The van der Waals surface area contributed by atoms with Gasteiger partial charge < -0.3 is 0 Å². The Kier molecular flexibility index (Phi) is 4.80. The molecule has 0 spiro atoms. The average molecular weight is 206 g/mol. The Balaban J connectivity index is 2.34. The lowest BCUT2D eigenvalue weighted by Gasteiger charge is -2.22. The molecule has 1 heteroatoms. The van der Waals surface area contributed by atoms with Crippen LogP contribution in [0.2, 0.25) is 0 Å². The predicted octanol–water partition coefficient (Wildman–Crippen LogP) is 3.90. The van der Waals surface area contributed by atoms with Gasteiger partial charge in [0.1, 0.15) is 0 Å². The zero-order valence-electron chi connectivity index (χ0n) is 10.1. The third kappa shape index (κ3) is 4.46. The summed E-state index contributed by atoms with van der Waals surface area (Å²) in [5, 5.41) is 0. The molecule has 0 saturated heterocycles. The fourth-order valence-electron chi connectivity index (χ4n) is 2.04. The fourth-order valence-corrected chi connectivity index (χ4v) is 2.04. The molecule has 0 unspecified atom stereocenters. The van der Waals surface area contributed by atoms with Crippen molar-refractivity contribution >= 4 is 5.78 Å². The van der Waals surface area contributed by atoms with Crippen LogP contribution in [0.5, 0.6) is 0 Å². The Morgan fingerprint density at radius 2 is 2.33 bits per heavy atom. The van der Waals surface area contributed by atoms with Gasteiger partial charge in [0.2, 0.25) is 0 Å². The minimum atomic E-state index is 0.294. The van der Waals surface area contributed by atoms with Gasteiger partial charge in [-0.1, -0.05) is 24.6 Å². The van der Waals surface area contributed by atoms with E-state index >= 15 is 0 Å². The molecule has 15 heavy (non-hydrogen) atoms. The van der Waals surface area contributed by atoms with Crippen LogP contribution in [0.1, 0.15) is 46.5 Å². The average Bonchev–Trinajstić information content (AvgIpc) is 2.18. The number of hydrogen-bond donors (Lipinski definition) is 0. The highest BCUT2D eigenvalue weighted by atomic mass is 16.1. The van der Waals surface area contributed by atoms with Crippen LogP contribution in [-0.2, 0) is 4.79 Å². The van der Waals surface area contributed by atoms with Gasteiger partial charge in [-0.2, -0.15) is 0 Å². The molecular weight excluding hydrogens is 184 g/mol. The van der Waals surface area contributed by atoms with Crippen molar-refractivity contribution in [2.24, 2.45) is 11.8 Å². The second kappa shape index (κ2) is 5.89. The Morgan fingerprint density at radius 3 is 2.87 bits per heavy atom. The maximum absolute atomic E-state index is 11.0. The normalized spacial score (nSPS) is 22.6. The summed E-state index contributed by atoms with van der Waals surface area (Å²) in [6.07, 6.45) is 10.4. The molecule has 0 aliphatic heterocycles. The molecule has 0 bridgehead atoms. The monoisotopic (exact) mass is 206 g/mol. The van der Waals surface area contributed by atoms with Crippen molar-refractivity contribution in [3.63, 3.8) is 0 Å². The van der Waals surface area contributed by atoms with Crippen LogP contribution in [0.4, 0.5) is 0 Å². The van der Waals surface area contributed by atoms with Crippen molar-refractivity contribution in [1.82, 2.24) is 0 Å². The largest absolute Gasteiger partial charge is 0.295 e. The molecule has 0 amide bonds. The zero-order chi connectivity index (χ0) is 11.3. The van der Waals surface area contributed by atoms with Crippen LogP contribution in [0, 0.1) is 11.8 Å². The van der Waals surface area contributed by atoms with Crippen molar-refractivity contribution in [2.45, 2.75) is 46.5 Å². The van der Waals surface area contributed by atoms with E-state index in [1.54, 1.807) is 6.08 Å². The van der Waals surface area contributed by atoms with E-state index < -0.39 is 0 Å². The number of carbonyl (C=O) groups excluding carboxylic acids is 1. The van der Waals surface area contributed by atoms with E-state index in [1.807, 2.05) is 0 Å². The van der Waals surface area contributed by atoms with Crippen LogP contribution < -0.4 is 0 Å². The maximum atomic E-state index is 11.0. The van der Waals surface area contributed by atoms with E-state index in [9.17, 15) is 4.79 Å². The smallest absolute Gasteiger partial charge is 0.155 e. The fraction of sp³-hybridized carbons (Fsp3) is 0.643. The molecule has 0 heterocycles. The Bertz CT molecular complexity index is 269. The molecule has 0 N–H and O–H groups in total. The minimum absolute atomic E-state index is 0.294. The molecule has 0 aromatic heterocycles. The minimum Gasteiger partial charge on any atom is -0.295 e. The molecular formula is C14H22O. The first kappa shape index (κ1) is 12.2. The van der Waals surface area contributed by atoms with E-state index in [0.29, 0.717) is 17.6 Å². The van der Waals surface area contributed by atoms with Crippen molar-refractivity contribution in [1.29, 1.82) is 0 Å². The second-order valence-electron chi connectivity index (χ2n) is 4.86. The van der Waals surface area contributed by atoms with Crippen molar-refractivity contribution in [3.05, 3.63) is 23.8 Å². The molecule has 0 radical (unpaired) electrons. The molecule has 1 aliphatic rings. The van der Waals surface area contributed by atoms with Crippen LogP contribution in [0.15, 0.2) is 23.8 Å². The SMILES string of the molecule is CC(C)=CCC[C@H](C)[C@@H]1C=CC(=O)CC1. The Hall–Kier alpha value is -0.850. The lowest BCUT2D eigenvalue weighted by Crippen LogP contribution is -2.15. The molecule has 1 rings (SSSR count). The van der Waals surface area contributed by atoms with E-state index in [1.165, 1.54) is 18.4 Å². The highest BCUT2D eigenvalue weighted by Gasteiger charge is 2.18. The first-order valence-electron chi connectivity index (χ1n) is 5.94. The standard InChI is InChI=1S/C14H22O/c1-11(2)5-4-6-12(3)13-7-9-14(15)10-8-13/h5,7,9,12-13H,4,6,8,10H2,1-3H3/t12-,13+/m0/s1. The van der Waals surface area contributed by atoms with Gasteiger partial charge >= 0.3 is 0 Å². The van der Waals surface area contributed by atoms with Crippen LogP contribution in [-0.4, -0.2) is 5.78 Å². The van der Waals surface area contributed by atoms with Gasteiger partial charge in [0.25, 0.3) is 0 Å². The molecule has 0 aromatic carbocycles. The van der Waals surface area contributed by atoms with Gasteiger partial charge in [-0.15, -0.1) is 0 Å². The maximum Gasteiger partial charge on any atom is 0.155 e. The van der Waals surface area contributed by atoms with Crippen molar-refractivity contribution in [2.75, 3.05) is 0 Å². The van der Waals surface area contributed by atoms with Gasteiger partial charge in [0.15, 0.2) is 5.78 Å². The molecule has 0 fully saturated rings. The lowest BCUT2D eigenvalue weighted by molar-refractivity contribution is -0.115. The highest BCUT2D eigenvalue weighted by molar-refractivity contribution is 5.90. The molecule has 1 nitrogen and oxygen atoms in total. The zero-order valence-corrected chi connectivity index (χ0v) is 10.1. The van der Waals surface area contributed by atoms with Gasteiger partial charge in [0.05, 0.1) is 0 Å². The lowest BCUT2D eigenvalue weighted by atomic mass is 9.83. The number of ketones is 1. The van der Waals surface area contributed by atoms with Gasteiger partial charge in [-0.05, 0) is 51.0 Å². The molecule has 1 aliphatic carbocycles. The summed E-state index contributed by atoms with van der Waals surface area (Å²) in [6.45, 7) is 6.58. The van der Waals surface area contributed by atoms with Crippen LogP contribution in [0.3, 0.4) is 0 Å². The molecule has 84 valence electrons. The Labute approximate surface area is 93.3 Å². The summed E-state index contributed by atoms with van der Waals surface area (Å²) in [5.74, 6) is 1.61. The highest BCUT2D eigenvalue weighted by Crippen LogP contribution is 2.26. The third-order valence-corrected chi connectivity index (χ3v) is 3.16. The van der Waals surface area contributed by atoms with Gasteiger partial charge in [-0.3, -0.25) is 4.79 Å². The molecule has 0 saturated carbocycles. The topological polar surface area (TPSA) is 17.1 Å². The Morgan fingerprint density at radius 1 is 1.60 bits per heavy atom. The second-order valence-corrected chi connectivity index (χ2v) is 4.86. The quantitative estimate of drug-likeness (QED) is 0.637. The summed E-state index contributed by atoms with van der Waals surface area (Å²) in [7, 11) is 0. The number of allylic oxidation sites excluding steroid dienone is 4. The van der Waals surface area contributed by atoms with Crippen LogP contribution >= 0.6 is 0 Å². The van der Waals surface area contributed by atoms with E-state index in [2.05, 4.69) is 32.9 Å². The number of carbonyl (C=O) groups is 1. The van der Waals surface area contributed by atoms with E-state index in [4.69, 9.17) is 0 Å². The first-order chi connectivity index (χ1) is 7.09. The summed E-state index contributed by atoms with van der Waals surface area (Å²) in [4.78, 5) is 11.0. The first-order valence-corrected chi connectivity index (χ1v) is 5.94. The number of rotatable bonds is 4. The number of hydrogen-bond acceptors (Lipinski definition) is 1. The summed E-state index contributed by atoms with van der Waals surface area (Å²) in [5.41, 5.74) is 1.40. The molecule has 0 aromatic rings. The summed E-state index contributed by atoms with van der Waals surface area (Å²) in [6, 6.07) is 0. The van der Waals surface area contributed by atoms with Gasteiger partial charge in [0, 0.05) is 6.42 Å². The van der Waals surface area contributed by atoms with Crippen molar-refractivity contribution < 1.29 is 4.79 Å². The van der Waals surface area contributed by atoms with E-state index in [-0.39, 0.29) is 0 Å². The third-order valence-electron chi connectivity index (χ3n) is 3.16. The van der Waals surface area contributed by atoms with Crippen LogP contribution in [0.25, 0.3) is 0 Å². The van der Waals surface area contributed by atoms with Crippen molar-refractivity contribution in [3.8, 4) is 0 Å². The summed E-state index contributed by atoms with van der Waals surface area (Å²) >= 11 is 0. The molecule has 2 atom stereocenters. The summed E-state index contributed by atoms with van der Waals surface area (Å²) < 4.78 is 0. The van der Waals surface area contributed by atoms with E-state index in [0.717, 1.165) is 12.8 Å². The predicted molar refractivity (Wildman–Crippen MR) is 64.7 cm³/mol.